The Bertz CT molecular complexity index is 502. The van der Waals surface area contributed by atoms with Crippen LogP contribution in [0.4, 0.5) is 0 Å². The van der Waals surface area contributed by atoms with Crippen molar-refractivity contribution in [1.29, 1.82) is 0 Å². The fourth-order valence-corrected chi connectivity index (χ4v) is 4.17. The molecule has 1 aromatic rings. The molecule has 1 saturated heterocycles. The molecule has 7 heteroatoms. The zero-order valence-corrected chi connectivity index (χ0v) is 17.4. The maximum absolute atomic E-state index is 5.10. The Hall–Kier alpha value is -1.15. The number of likely N-dealkylation sites (N-methyl/N-ethyl adjacent to an activating group) is 1. The summed E-state index contributed by atoms with van der Waals surface area (Å²) in [4.78, 5) is 10.7. The van der Waals surface area contributed by atoms with Crippen LogP contribution in [-0.2, 0) is 4.74 Å². The van der Waals surface area contributed by atoms with Crippen molar-refractivity contribution in [2.75, 3.05) is 67.1 Å². The van der Waals surface area contributed by atoms with Crippen LogP contribution in [0.3, 0.4) is 0 Å². The lowest BCUT2D eigenvalue weighted by Crippen LogP contribution is -2.44. The standard InChI is InChI=1S/C19H35N5OS/c1-20-19(21-9-13-23(2)10-7-14-25-3)22-16-17(18-8-6-15-26-18)24-11-4-5-12-24/h6,8,15,17H,4-5,7,9-14,16H2,1-3H3,(H2,20,21,22). The van der Waals surface area contributed by atoms with Gasteiger partial charge in [0.15, 0.2) is 5.96 Å². The minimum Gasteiger partial charge on any atom is -0.385 e. The number of likely N-dealkylation sites (tertiary alicyclic amines) is 1. The van der Waals surface area contributed by atoms with Crippen LogP contribution in [-0.4, -0.2) is 82.8 Å². The molecule has 1 fully saturated rings. The molecule has 26 heavy (non-hydrogen) atoms. The van der Waals surface area contributed by atoms with Crippen LogP contribution in [0.1, 0.15) is 30.2 Å². The SMILES string of the molecule is CN=C(NCCN(C)CCCOC)NCC(c1cccs1)N1CCCC1. The molecule has 1 aliphatic rings. The minimum absolute atomic E-state index is 0.438. The quantitative estimate of drug-likeness (QED) is 0.349. The first-order valence-electron chi connectivity index (χ1n) is 9.64. The second-order valence-corrected chi connectivity index (χ2v) is 7.78. The van der Waals surface area contributed by atoms with Crippen LogP contribution in [0.2, 0.25) is 0 Å². The second-order valence-electron chi connectivity index (χ2n) is 6.80. The molecule has 0 spiro atoms. The molecule has 2 rings (SSSR count). The van der Waals surface area contributed by atoms with Gasteiger partial charge < -0.3 is 20.3 Å². The van der Waals surface area contributed by atoms with Gasteiger partial charge in [-0.25, -0.2) is 0 Å². The van der Waals surface area contributed by atoms with Crippen molar-refractivity contribution in [3.63, 3.8) is 0 Å². The normalized spacial score (nSPS) is 17.0. The molecule has 1 unspecified atom stereocenters. The molecule has 2 N–H and O–H groups in total. The van der Waals surface area contributed by atoms with Gasteiger partial charge in [-0.05, 0) is 50.8 Å². The van der Waals surface area contributed by atoms with Crippen LogP contribution >= 0.6 is 11.3 Å². The van der Waals surface area contributed by atoms with E-state index in [0.717, 1.165) is 45.2 Å². The van der Waals surface area contributed by atoms with E-state index in [1.807, 2.05) is 18.4 Å². The Kier molecular flexibility index (Phi) is 9.99. The van der Waals surface area contributed by atoms with Gasteiger partial charge in [0.05, 0.1) is 6.04 Å². The third-order valence-corrected chi connectivity index (χ3v) is 5.79. The molecule has 0 aliphatic carbocycles. The molecule has 0 amide bonds. The summed E-state index contributed by atoms with van der Waals surface area (Å²) in [5.74, 6) is 0.885. The van der Waals surface area contributed by atoms with Gasteiger partial charge in [-0.1, -0.05) is 6.07 Å². The second kappa shape index (κ2) is 12.3. The van der Waals surface area contributed by atoms with Gasteiger partial charge in [0, 0.05) is 51.8 Å². The van der Waals surface area contributed by atoms with E-state index < -0.39 is 0 Å². The van der Waals surface area contributed by atoms with E-state index in [1.54, 1.807) is 7.11 Å². The summed E-state index contributed by atoms with van der Waals surface area (Å²) in [6.45, 7) is 7.04. The van der Waals surface area contributed by atoms with Crippen molar-refractivity contribution in [2.45, 2.75) is 25.3 Å². The van der Waals surface area contributed by atoms with Crippen LogP contribution in [0, 0.1) is 0 Å². The Balaban J connectivity index is 1.74. The van der Waals surface area contributed by atoms with Crippen LogP contribution in [0.25, 0.3) is 0 Å². The molecule has 148 valence electrons. The number of guanidine groups is 1. The average molecular weight is 382 g/mol. The third-order valence-electron chi connectivity index (χ3n) is 4.81. The zero-order chi connectivity index (χ0) is 18.6. The van der Waals surface area contributed by atoms with Crippen molar-refractivity contribution < 1.29 is 4.74 Å². The van der Waals surface area contributed by atoms with E-state index in [2.05, 4.69) is 50.0 Å². The fourth-order valence-electron chi connectivity index (χ4n) is 3.31. The number of thiophene rings is 1. The first-order chi connectivity index (χ1) is 12.7. The predicted molar refractivity (Wildman–Crippen MR) is 111 cm³/mol. The molecule has 1 aliphatic heterocycles. The topological polar surface area (TPSA) is 52.1 Å². The fraction of sp³-hybridized carbons (Fsp3) is 0.737. The smallest absolute Gasteiger partial charge is 0.191 e. The maximum Gasteiger partial charge on any atom is 0.191 e. The van der Waals surface area contributed by atoms with E-state index in [4.69, 9.17) is 4.74 Å². The Morgan fingerprint density at radius 2 is 2.15 bits per heavy atom. The number of methoxy groups -OCH3 is 1. The van der Waals surface area contributed by atoms with E-state index in [1.165, 1.54) is 30.8 Å². The molecule has 2 heterocycles. The molecule has 6 nitrogen and oxygen atoms in total. The number of hydrogen-bond donors (Lipinski definition) is 2. The predicted octanol–water partition coefficient (Wildman–Crippen LogP) is 2.02. The summed E-state index contributed by atoms with van der Waals surface area (Å²) >= 11 is 1.85. The van der Waals surface area contributed by atoms with Crippen molar-refractivity contribution in [2.24, 2.45) is 4.99 Å². The van der Waals surface area contributed by atoms with Crippen molar-refractivity contribution in [1.82, 2.24) is 20.4 Å². The van der Waals surface area contributed by atoms with Crippen LogP contribution in [0.5, 0.6) is 0 Å². The zero-order valence-electron chi connectivity index (χ0n) is 16.5. The highest BCUT2D eigenvalue weighted by atomic mass is 32.1. The molecule has 0 bridgehead atoms. The van der Waals surface area contributed by atoms with E-state index >= 15 is 0 Å². The molecule has 0 radical (unpaired) electrons. The van der Waals surface area contributed by atoms with Gasteiger partial charge in [0.2, 0.25) is 0 Å². The summed E-state index contributed by atoms with van der Waals surface area (Å²) in [6, 6.07) is 4.84. The number of nitrogens with one attached hydrogen (secondary N) is 2. The summed E-state index contributed by atoms with van der Waals surface area (Å²) in [6.07, 6.45) is 3.69. The summed E-state index contributed by atoms with van der Waals surface area (Å²) < 4.78 is 5.10. The van der Waals surface area contributed by atoms with Gasteiger partial charge in [0.1, 0.15) is 0 Å². The van der Waals surface area contributed by atoms with E-state index in [-0.39, 0.29) is 0 Å². The highest BCUT2D eigenvalue weighted by Gasteiger charge is 2.24. The molecular weight excluding hydrogens is 346 g/mol. The van der Waals surface area contributed by atoms with Gasteiger partial charge in [-0.3, -0.25) is 9.89 Å². The Morgan fingerprint density at radius 1 is 1.35 bits per heavy atom. The lowest BCUT2D eigenvalue weighted by molar-refractivity contribution is 0.180. The maximum atomic E-state index is 5.10. The number of rotatable bonds is 11. The summed E-state index contributed by atoms with van der Waals surface area (Å²) in [5, 5.41) is 9.13. The van der Waals surface area contributed by atoms with E-state index in [0.29, 0.717) is 6.04 Å². The molecule has 1 atom stereocenters. The number of ether oxygens (including phenoxy) is 1. The number of nitrogens with zero attached hydrogens (tertiary/aromatic N) is 3. The summed E-state index contributed by atoms with van der Waals surface area (Å²) in [5.41, 5.74) is 0. The van der Waals surface area contributed by atoms with Gasteiger partial charge in [-0.2, -0.15) is 0 Å². The van der Waals surface area contributed by atoms with Crippen molar-refractivity contribution >= 4 is 17.3 Å². The van der Waals surface area contributed by atoms with Crippen LogP contribution < -0.4 is 10.6 Å². The highest BCUT2D eigenvalue weighted by Crippen LogP contribution is 2.27. The summed E-state index contributed by atoms with van der Waals surface area (Å²) in [7, 11) is 5.74. The first kappa shape index (κ1) is 21.2. The highest BCUT2D eigenvalue weighted by molar-refractivity contribution is 7.10. The molecule has 1 aromatic heterocycles. The lowest BCUT2D eigenvalue weighted by Gasteiger charge is -2.27. The minimum atomic E-state index is 0.438. The van der Waals surface area contributed by atoms with Crippen molar-refractivity contribution in [3.05, 3.63) is 22.4 Å². The monoisotopic (exact) mass is 381 g/mol. The first-order valence-corrected chi connectivity index (χ1v) is 10.5. The van der Waals surface area contributed by atoms with Gasteiger partial charge in [0.25, 0.3) is 0 Å². The Morgan fingerprint density at radius 3 is 2.81 bits per heavy atom. The van der Waals surface area contributed by atoms with E-state index in [9.17, 15) is 0 Å². The average Bonchev–Trinajstić information content (AvgIpc) is 3.35. The number of hydrogen-bond acceptors (Lipinski definition) is 5. The number of aliphatic imine (C=N–C) groups is 1. The Labute approximate surface area is 162 Å². The lowest BCUT2D eigenvalue weighted by atomic mass is 10.2. The van der Waals surface area contributed by atoms with Crippen molar-refractivity contribution in [3.8, 4) is 0 Å². The molecule has 0 aromatic carbocycles. The third kappa shape index (κ3) is 7.23. The largest absolute Gasteiger partial charge is 0.385 e. The van der Waals surface area contributed by atoms with Gasteiger partial charge in [-0.15, -0.1) is 11.3 Å². The van der Waals surface area contributed by atoms with Gasteiger partial charge >= 0.3 is 0 Å². The molecular formula is C19H35N5OS. The van der Waals surface area contributed by atoms with Crippen LogP contribution in [0.15, 0.2) is 22.5 Å². The molecule has 0 saturated carbocycles.